The van der Waals surface area contributed by atoms with Crippen molar-refractivity contribution < 1.29 is 19.4 Å². The van der Waals surface area contributed by atoms with Crippen LogP contribution in [0, 0.1) is 0 Å². The number of likely N-dealkylation sites (tertiary alicyclic amines) is 1. The summed E-state index contributed by atoms with van der Waals surface area (Å²) in [6.07, 6.45) is 1.73. The van der Waals surface area contributed by atoms with Gasteiger partial charge in [-0.3, -0.25) is 19.4 Å². The van der Waals surface area contributed by atoms with E-state index in [-0.39, 0.29) is 24.5 Å². The number of carbonyl (C=O) groups is 2. The Morgan fingerprint density at radius 2 is 1.92 bits per heavy atom. The summed E-state index contributed by atoms with van der Waals surface area (Å²) in [6.45, 7) is 6.07. The molecule has 1 aromatic carbocycles. The van der Waals surface area contributed by atoms with Crippen LogP contribution >= 0.6 is 0 Å². The van der Waals surface area contributed by atoms with Gasteiger partial charge >= 0.3 is 5.97 Å². The molecule has 0 aliphatic carbocycles. The number of hydrogen-bond acceptors (Lipinski definition) is 5. The molecule has 7 heteroatoms. The van der Waals surface area contributed by atoms with Crippen LogP contribution in [0.1, 0.15) is 26.7 Å². The second-order valence-corrected chi connectivity index (χ2v) is 6.70. The zero-order valence-electron chi connectivity index (χ0n) is 15.8. The van der Waals surface area contributed by atoms with E-state index in [0.29, 0.717) is 6.61 Å². The highest BCUT2D eigenvalue weighted by Crippen LogP contribution is 2.19. The number of benzene rings is 1. The molecular formula is C19H29N3O4. The first-order valence-electron chi connectivity index (χ1n) is 9.10. The zero-order chi connectivity index (χ0) is 19.1. The number of likely N-dealkylation sites (N-methyl/N-ethyl adjacent to an activating group) is 1. The van der Waals surface area contributed by atoms with Crippen molar-refractivity contribution in [3.8, 4) is 5.75 Å². The lowest BCUT2D eigenvalue weighted by molar-refractivity contribution is -0.138. The van der Waals surface area contributed by atoms with Crippen molar-refractivity contribution in [2.45, 2.75) is 38.8 Å². The van der Waals surface area contributed by atoms with Gasteiger partial charge in [-0.2, -0.15) is 0 Å². The van der Waals surface area contributed by atoms with Gasteiger partial charge in [0.15, 0.2) is 0 Å². The van der Waals surface area contributed by atoms with Crippen molar-refractivity contribution >= 4 is 17.6 Å². The van der Waals surface area contributed by atoms with Crippen molar-refractivity contribution in [2.75, 3.05) is 38.6 Å². The lowest BCUT2D eigenvalue weighted by atomic mass is 10.0. The first kappa shape index (κ1) is 20.2. The van der Waals surface area contributed by atoms with Gasteiger partial charge in [0.1, 0.15) is 5.75 Å². The van der Waals surface area contributed by atoms with Crippen LogP contribution in [0.3, 0.4) is 0 Å². The fourth-order valence-corrected chi connectivity index (χ4v) is 3.27. The molecule has 0 aromatic heterocycles. The molecule has 1 saturated heterocycles. The van der Waals surface area contributed by atoms with Crippen LogP contribution in [-0.4, -0.2) is 72.2 Å². The summed E-state index contributed by atoms with van der Waals surface area (Å²) in [5, 5.41) is 11.8. The average molecular weight is 363 g/mol. The summed E-state index contributed by atoms with van der Waals surface area (Å²) in [5.74, 6) is -0.0596. The number of amides is 1. The normalized spacial score (nSPS) is 17.1. The Kier molecular flexibility index (Phi) is 7.41. The molecule has 7 nitrogen and oxygen atoms in total. The Morgan fingerprint density at radius 3 is 2.46 bits per heavy atom. The van der Waals surface area contributed by atoms with Gasteiger partial charge in [-0.05, 0) is 58.0 Å². The Labute approximate surface area is 154 Å². The highest BCUT2D eigenvalue weighted by molar-refractivity contribution is 5.94. The predicted molar refractivity (Wildman–Crippen MR) is 101 cm³/mol. The Bertz CT molecular complexity index is 597. The number of aliphatic carboxylic acids is 1. The quantitative estimate of drug-likeness (QED) is 0.734. The third-order valence-electron chi connectivity index (χ3n) is 4.87. The van der Waals surface area contributed by atoms with Crippen LogP contribution in [0.5, 0.6) is 5.75 Å². The third-order valence-corrected chi connectivity index (χ3v) is 4.87. The molecule has 1 aliphatic heterocycles. The number of carboxylic acids is 1. The summed E-state index contributed by atoms with van der Waals surface area (Å²) in [5.41, 5.74) is 0.751. The molecule has 0 radical (unpaired) electrons. The van der Waals surface area contributed by atoms with Gasteiger partial charge in [0.25, 0.3) is 0 Å². The molecule has 1 heterocycles. The van der Waals surface area contributed by atoms with Crippen molar-refractivity contribution in [1.29, 1.82) is 0 Å². The summed E-state index contributed by atoms with van der Waals surface area (Å²) in [4.78, 5) is 27.4. The van der Waals surface area contributed by atoms with Gasteiger partial charge in [-0.15, -0.1) is 0 Å². The minimum Gasteiger partial charge on any atom is -0.494 e. The van der Waals surface area contributed by atoms with Crippen molar-refractivity contribution in [1.82, 2.24) is 9.80 Å². The maximum absolute atomic E-state index is 12.5. The standard InChI is InChI=1S/C19H29N3O4/c1-4-26-17-7-5-15(6-8-17)20-19(25)14(2)22-11-9-16(10-12-22)21(3)13-18(23)24/h5-8,14,16H,4,9-13H2,1-3H3,(H,20,25)(H,23,24). The molecule has 0 saturated carbocycles. The van der Waals surface area contributed by atoms with Gasteiger partial charge in [-0.25, -0.2) is 0 Å². The monoisotopic (exact) mass is 363 g/mol. The van der Waals surface area contributed by atoms with Gasteiger partial charge in [0.2, 0.25) is 5.91 Å². The minimum absolute atomic E-state index is 0.0356. The summed E-state index contributed by atoms with van der Waals surface area (Å²) >= 11 is 0. The molecular weight excluding hydrogens is 334 g/mol. The highest BCUT2D eigenvalue weighted by Gasteiger charge is 2.28. The van der Waals surface area contributed by atoms with Crippen molar-refractivity contribution in [3.63, 3.8) is 0 Å². The molecule has 2 N–H and O–H groups in total. The third kappa shape index (κ3) is 5.71. The van der Waals surface area contributed by atoms with Crippen LogP contribution < -0.4 is 10.1 Å². The molecule has 0 spiro atoms. The number of carboxylic acid groups (broad SMARTS) is 1. The fraction of sp³-hybridized carbons (Fsp3) is 0.579. The number of carbonyl (C=O) groups excluding carboxylic acids is 1. The number of rotatable bonds is 8. The second kappa shape index (κ2) is 9.54. The maximum Gasteiger partial charge on any atom is 0.317 e. The van der Waals surface area contributed by atoms with E-state index in [1.54, 1.807) is 0 Å². The molecule has 1 atom stereocenters. The Morgan fingerprint density at radius 1 is 1.31 bits per heavy atom. The largest absolute Gasteiger partial charge is 0.494 e. The van der Waals surface area contributed by atoms with Crippen molar-refractivity contribution in [3.05, 3.63) is 24.3 Å². The van der Waals surface area contributed by atoms with Crippen LogP contribution in [-0.2, 0) is 9.59 Å². The summed E-state index contributed by atoms with van der Waals surface area (Å²) in [6, 6.07) is 7.38. The number of hydrogen-bond donors (Lipinski definition) is 2. The molecule has 1 fully saturated rings. The maximum atomic E-state index is 12.5. The minimum atomic E-state index is -0.807. The number of piperidine rings is 1. The van der Waals surface area contributed by atoms with E-state index in [4.69, 9.17) is 9.84 Å². The zero-order valence-corrected chi connectivity index (χ0v) is 15.8. The first-order chi connectivity index (χ1) is 12.4. The van der Waals surface area contributed by atoms with E-state index in [0.717, 1.165) is 37.4 Å². The van der Waals surface area contributed by atoms with E-state index in [2.05, 4.69) is 10.2 Å². The van der Waals surface area contributed by atoms with Gasteiger partial charge in [-0.1, -0.05) is 0 Å². The molecule has 144 valence electrons. The number of anilines is 1. The van der Waals surface area contributed by atoms with Gasteiger partial charge in [0, 0.05) is 24.8 Å². The van der Waals surface area contributed by atoms with E-state index in [9.17, 15) is 9.59 Å². The van der Waals surface area contributed by atoms with E-state index >= 15 is 0 Å². The predicted octanol–water partition coefficient (Wildman–Crippen LogP) is 1.89. The lowest BCUT2D eigenvalue weighted by Gasteiger charge is -2.38. The first-order valence-corrected chi connectivity index (χ1v) is 9.10. The molecule has 1 aromatic rings. The van der Waals surface area contributed by atoms with Crippen LogP contribution in [0.4, 0.5) is 5.69 Å². The molecule has 26 heavy (non-hydrogen) atoms. The van der Waals surface area contributed by atoms with Gasteiger partial charge < -0.3 is 15.2 Å². The average Bonchev–Trinajstić information content (AvgIpc) is 2.62. The molecule has 1 aliphatic rings. The summed E-state index contributed by atoms with van der Waals surface area (Å²) in [7, 11) is 1.84. The smallest absolute Gasteiger partial charge is 0.317 e. The van der Waals surface area contributed by atoms with Crippen LogP contribution in [0.15, 0.2) is 24.3 Å². The number of ether oxygens (including phenoxy) is 1. The van der Waals surface area contributed by atoms with E-state index < -0.39 is 5.97 Å². The molecule has 2 rings (SSSR count). The highest BCUT2D eigenvalue weighted by atomic mass is 16.5. The second-order valence-electron chi connectivity index (χ2n) is 6.70. The Balaban J connectivity index is 1.82. The molecule has 1 unspecified atom stereocenters. The van der Waals surface area contributed by atoms with Gasteiger partial charge in [0.05, 0.1) is 19.2 Å². The number of nitrogens with one attached hydrogen (secondary N) is 1. The topological polar surface area (TPSA) is 82.1 Å². The van der Waals surface area contributed by atoms with E-state index in [1.165, 1.54) is 0 Å². The molecule has 1 amide bonds. The van der Waals surface area contributed by atoms with Crippen molar-refractivity contribution in [2.24, 2.45) is 0 Å². The molecule has 0 bridgehead atoms. The van der Waals surface area contributed by atoms with E-state index in [1.807, 2.05) is 50.1 Å². The van der Waals surface area contributed by atoms with Crippen LogP contribution in [0.25, 0.3) is 0 Å². The number of nitrogens with zero attached hydrogens (tertiary/aromatic N) is 2. The fourth-order valence-electron chi connectivity index (χ4n) is 3.27. The van der Waals surface area contributed by atoms with Crippen LogP contribution in [0.2, 0.25) is 0 Å². The lowest BCUT2D eigenvalue weighted by Crippen LogP contribution is -2.50. The summed E-state index contributed by atoms with van der Waals surface area (Å²) < 4.78 is 5.40. The Hall–Kier alpha value is -2.12. The SMILES string of the molecule is CCOc1ccc(NC(=O)C(C)N2CCC(N(C)CC(=O)O)CC2)cc1.